The number of methoxy groups -OCH3 is 1. The summed E-state index contributed by atoms with van der Waals surface area (Å²) in [6.45, 7) is 4.19. The summed E-state index contributed by atoms with van der Waals surface area (Å²) in [7, 11) is 1.45. The highest BCUT2D eigenvalue weighted by molar-refractivity contribution is 5.31. The summed E-state index contributed by atoms with van der Waals surface area (Å²) in [6, 6.07) is 6.95. The molecule has 1 aromatic heterocycles. The number of hydrogen-bond donors (Lipinski definition) is 1. The molecule has 2 rings (SSSR count). The molecule has 4 nitrogen and oxygen atoms in total. The van der Waals surface area contributed by atoms with Gasteiger partial charge in [0.1, 0.15) is 11.5 Å². The van der Waals surface area contributed by atoms with E-state index < -0.39 is 0 Å². The van der Waals surface area contributed by atoms with Crippen LogP contribution in [0.15, 0.2) is 28.8 Å². The molecule has 102 valence electrons. The highest BCUT2D eigenvalue weighted by Gasteiger charge is 2.12. The average molecular weight is 264 g/mol. The third-order valence-corrected chi connectivity index (χ3v) is 2.95. The van der Waals surface area contributed by atoms with E-state index in [0.717, 1.165) is 11.5 Å². The third kappa shape index (κ3) is 3.12. The molecule has 1 aromatic carbocycles. The molecule has 0 radical (unpaired) electrons. The van der Waals surface area contributed by atoms with Gasteiger partial charge < -0.3 is 14.6 Å². The van der Waals surface area contributed by atoms with Gasteiger partial charge in [0.15, 0.2) is 11.6 Å². The highest BCUT2D eigenvalue weighted by atomic mass is 19.1. The number of nitrogens with one attached hydrogen (secondary N) is 1. The lowest BCUT2D eigenvalue weighted by molar-refractivity contribution is 0.376. The molecule has 0 aliphatic carbocycles. The van der Waals surface area contributed by atoms with Crippen LogP contribution in [-0.2, 0) is 6.54 Å². The molecule has 0 aliphatic rings. The standard InChI is InChI=1S/C14H17FN2O2/c1-9-7-12(17-19-9)10(2)16-8-11-5-4-6-13(18-3)14(11)15/h4-7,10,16H,8H2,1-3H3. The Labute approximate surface area is 111 Å². The van der Waals surface area contributed by atoms with Gasteiger partial charge in [-0.1, -0.05) is 17.3 Å². The minimum absolute atomic E-state index is 0.0111. The fraction of sp³-hybridized carbons (Fsp3) is 0.357. The van der Waals surface area contributed by atoms with Gasteiger partial charge in [0.2, 0.25) is 0 Å². The van der Waals surface area contributed by atoms with Crippen LogP contribution in [0.4, 0.5) is 4.39 Å². The molecule has 1 N–H and O–H groups in total. The maximum absolute atomic E-state index is 13.9. The van der Waals surface area contributed by atoms with Crippen molar-refractivity contribution in [3.63, 3.8) is 0 Å². The zero-order valence-electron chi connectivity index (χ0n) is 11.2. The number of aromatic nitrogens is 1. The highest BCUT2D eigenvalue weighted by Crippen LogP contribution is 2.20. The van der Waals surface area contributed by atoms with Crippen molar-refractivity contribution in [1.29, 1.82) is 0 Å². The lowest BCUT2D eigenvalue weighted by Gasteiger charge is -2.12. The van der Waals surface area contributed by atoms with Crippen molar-refractivity contribution in [2.24, 2.45) is 0 Å². The van der Waals surface area contributed by atoms with Crippen molar-refractivity contribution >= 4 is 0 Å². The van der Waals surface area contributed by atoms with Crippen LogP contribution in [0.25, 0.3) is 0 Å². The summed E-state index contributed by atoms with van der Waals surface area (Å²) in [5, 5.41) is 7.13. The minimum atomic E-state index is -0.332. The number of aryl methyl sites for hydroxylation is 1. The van der Waals surface area contributed by atoms with E-state index in [0.29, 0.717) is 12.1 Å². The lowest BCUT2D eigenvalue weighted by Crippen LogP contribution is -2.19. The zero-order valence-corrected chi connectivity index (χ0v) is 11.2. The summed E-state index contributed by atoms with van der Waals surface area (Å²) in [5.74, 6) is 0.682. The van der Waals surface area contributed by atoms with Gasteiger partial charge in [-0.3, -0.25) is 0 Å². The molecule has 1 heterocycles. The van der Waals surface area contributed by atoms with Crippen LogP contribution in [0.2, 0.25) is 0 Å². The normalized spacial score (nSPS) is 12.4. The van der Waals surface area contributed by atoms with Crippen LogP contribution in [0.3, 0.4) is 0 Å². The predicted molar refractivity (Wildman–Crippen MR) is 69.4 cm³/mol. The largest absolute Gasteiger partial charge is 0.494 e. The second kappa shape index (κ2) is 5.84. The molecule has 0 spiro atoms. The first-order chi connectivity index (χ1) is 9.11. The van der Waals surface area contributed by atoms with Crippen molar-refractivity contribution in [1.82, 2.24) is 10.5 Å². The first-order valence-corrected chi connectivity index (χ1v) is 6.09. The van der Waals surface area contributed by atoms with E-state index in [2.05, 4.69) is 10.5 Å². The van der Waals surface area contributed by atoms with Crippen molar-refractivity contribution < 1.29 is 13.7 Å². The summed E-state index contributed by atoms with van der Waals surface area (Å²) < 4.78 is 23.9. The Bertz CT molecular complexity index is 554. The fourth-order valence-electron chi connectivity index (χ4n) is 1.81. The van der Waals surface area contributed by atoms with Crippen LogP contribution >= 0.6 is 0 Å². The quantitative estimate of drug-likeness (QED) is 0.901. The van der Waals surface area contributed by atoms with Crippen LogP contribution in [0, 0.1) is 12.7 Å². The first kappa shape index (κ1) is 13.5. The van der Waals surface area contributed by atoms with E-state index >= 15 is 0 Å². The van der Waals surface area contributed by atoms with Crippen molar-refractivity contribution in [2.75, 3.05) is 7.11 Å². The van der Waals surface area contributed by atoms with E-state index in [1.54, 1.807) is 18.2 Å². The minimum Gasteiger partial charge on any atom is -0.494 e. The van der Waals surface area contributed by atoms with Gasteiger partial charge in [-0.15, -0.1) is 0 Å². The van der Waals surface area contributed by atoms with Gasteiger partial charge in [0.25, 0.3) is 0 Å². The Kier molecular flexibility index (Phi) is 4.16. The molecule has 19 heavy (non-hydrogen) atoms. The summed E-state index contributed by atoms with van der Waals surface area (Å²) >= 11 is 0. The molecular weight excluding hydrogens is 247 g/mol. The Balaban J connectivity index is 2.02. The van der Waals surface area contributed by atoms with Gasteiger partial charge in [0, 0.05) is 18.2 Å². The van der Waals surface area contributed by atoms with E-state index in [9.17, 15) is 4.39 Å². The van der Waals surface area contributed by atoms with E-state index in [1.807, 2.05) is 19.9 Å². The number of rotatable bonds is 5. The first-order valence-electron chi connectivity index (χ1n) is 6.09. The number of ether oxygens (including phenoxy) is 1. The second-order valence-corrected chi connectivity index (χ2v) is 4.40. The molecule has 0 amide bonds. The van der Waals surface area contributed by atoms with Crippen molar-refractivity contribution in [2.45, 2.75) is 26.4 Å². The summed E-state index contributed by atoms with van der Waals surface area (Å²) in [5.41, 5.74) is 1.37. The molecule has 1 atom stereocenters. The van der Waals surface area contributed by atoms with Crippen LogP contribution in [0.1, 0.15) is 30.0 Å². The molecule has 1 unspecified atom stereocenters. The molecule has 0 saturated carbocycles. The van der Waals surface area contributed by atoms with E-state index in [-0.39, 0.29) is 17.6 Å². The molecule has 2 aromatic rings. The number of benzene rings is 1. The van der Waals surface area contributed by atoms with Crippen LogP contribution in [-0.4, -0.2) is 12.3 Å². The molecule has 0 saturated heterocycles. The Morgan fingerprint density at radius 1 is 1.47 bits per heavy atom. The lowest BCUT2D eigenvalue weighted by atomic mass is 10.1. The number of halogens is 1. The summed E-state index contributed by atoms with van der Waals surface area (Å²) in [6.07, 6.45) is 0. The van der Waals surface area contributed by atoms with Crippen molar-refractivity contribution in [3.8, 4) is 5.75 Å². The van der Waals surface area contributed by atoms with Gasteiger partial charge >= 0.3 is 0 Å². The Morgan fingerprint density at radius 2 is 2.26 bits per heavy atom. The van der Waals surface area contributed by atoms with Crippen LogP contribution in [0.5, 0.6) is 5.75 Å². The average Bonchev–Trinajstić information content (AvgIpc) is 2.84. The molecular formula is C14H17FN2O2. The number of hydrogen-bond acceptors (Lipinski definition) is 4. The topological polar surface area (TPSA) is 47.3 Å². The van der Waals surface area contributed by atoms with Crippen molar-refractivity contribution in [3.05, 3.63) is 47.1 Å². The van der Waals surface area contributed by atoms with Gasteiger partial charge in [0.05, 0.1) is 13.2 Å². The van der Waals surface area contributed by atoms with Gasteiger partial charge in [-0.25, -0.2) is 4.39 Å². The second-order valence-electron chi connectivity index (χ2n) is 4.40. The van der Waals surface area contributed by atoms with E-state index in [1.165, 1.54) is 7.11 Å². The fourth-order valence-corrected chi connectivity index (χ4v) is 1.81. The molecule has 0 bridgehead atoms. The monoisotopic (exact) mass is 264 g/mol. The smallest absolute Gasteiger partial charge is 0.169 e. The molecule has 0 aliphatic heterocycles. The maximum Gasteiger partial charge on any atom is 0.169 e. The Hall–Kier alpha value is -1.88. The van der Waals surface area contributed by atoms with E-state index in [4.69, 9.17) is 9.26 Å². The SMILES string of the molecule is COc1cccc(CNC(C)c2cc(C)on2)c1F. The number of nitrogens with zero attached hydrogens (tertiary/aromatic N) is 1. The third-order valence-electron chi connectivity index (χ3n) is 2.95. The van der Waals surface area contributed by atoms with Gasteiger partial charge in [-0.2, -0.15) is 0 Å². The Morgan fingerprint density at radius 3 is 2.89 bits per heavy atom. The molecule has 5 heteroatoms. The van der Waals surface area contributed by atoms with Gasteiger partial charge in [-0.05, 0) is 19.9 Å². The maximum atomic E-state index is 13.9. The zero-order chi connectivity index (χ0) is 13.8. The predicted octanol–water partition coefficient (Wildman–Crippen LogP) is 2.98. The van der Waals surface area contributed by atoms with Crippen LogP contribution < -0.4 is 10.1 Å². The molecule has 0 fully saturated rings. The summed E-state index contributed by atoms with van der Waals surface area (Å²) in [4.78, 5) is 0.